The van der Waals surface area contributed by atoms with Gasteiger partial charge < -0.3 is 14.7 Å². The molecular weight excluding hydrogens is 546 g/mol. The van der Waals surface area contributed by atoms with E-state index in [9.17, 15) is 14.7 Å². The monoisotopic (exact) mass is 595 g/mol. The Balaban J connectivity index is 0.880. The molecule has 0 aromatic heterocycles. The van der Waals surface area contributed by atoms with E-state index in [4.69, 9.17) is 4.74 Å². The molecule has 1 N–H and O–H groups in total. The van der Waals surface area contributed by atoms with Crippen molar-refractivity contribution in [3.05, 3.63) is 78.4 Å². The Kier molecular flexibility index (Phi) is 8.79. The highest BCUT2D eigenvalue weighted by molar-refractivity contribution is 5.94. The number of allylic oxidation sites excluding steroid dienone is 1. The third-order valence-electron chi connectivity index (χ3n) is 12.0. The van der Waals surface area contributed by atoms with Crippen molar-refractivity contribution in [2.75, 3.05) is 18.1 Å². The molecular formula is C39H49NO4. The fraction of sp³-hybridized carbons (Fsp3) is 0.590. The smallest absolute Gasteiger partial charge is 0.253 e. The summed E-state index contributed by atoms with van der Waals surface area (Å²) >= 11 is 0. The lowest BCUT2D eigenvalue weighted by Gasteiger charge is -2.56. The first-order chi connectivity index (χ1) is 21.4. The summed E-state index contributed by atoms with van der Waals surface area (Å²) in [5, 5.41) is 10.9. The standard InChI is InChI=1S/C39H49NO4/c41-34(24-39-21-29-15-30(22-39)17-31(16-29)23-39)11-12-35-36-19-28(18-32(36)20-37(35)42)13-14-44-26-38(43)40(33-9-5-2-6-10-33)25-27-7-3-1-4-8-27/h1-12,28-32,35-37,42H,13-26H2/t28?,29?,30?,31?,32-,35-,36-,37-,39?/m1/s1. The van der Waals surface area contributed by atoms with Crippen molar-refractivity contribution in [2.45, 2.75) is 83.3 Å². The number of amides is 1. The summed E-state index contributed by atoms with van der Waals surface area (Å²) in [6.45, 7) is 1.15. The van der Waals surface area contributed by atoms with Crippen LogP contribution in [0.25, 0.3) is 0 Å². The molecule has 234 valence electrons. The molecule has 4 bridgehead atoms. The number of para-hydroxylation sites is 1. The molecule has 5 heteroatoms. The highest BCUT2D eigenvalue weighted by Gasteiger charge is 2.51. The summed E-state index contributed by atoms with van der Waals surface area (Å²) in [4.78, 5) is 28.3. The van der Waals surface area contributed by atoms with E-state index in [2.05, 4.69) is 6.08 Å². The van der Waals surface area contributed by atoms with E-state index in [0.717, 1.165) is 61.1 Å². The van der Waals surface area contributed by atoms with Crippen molar-refractivity contribution in [1.82, 2.24) is 0 Å². The minimum absolute atomic E-state index is 0.0325. The molecule has 5 nitrogen and oxygen atoms in total. The van der Waals surface area contributed by atoms with Gasteiger partial charge in [0.2, 0.25) is 0 Å². The SMILES string of the molecule is O=C(C=C[C@@H]1[C@@H]2CC(CCOCC(=O)N(Cc3ccccc3)c3ccccc3)C[C@@H]2C[C@H]1O)CC12CC3CC(CC(C3)C1)C2. The van der Waals surface area contributed by atoms with E-state index in [1.807, 2.05) is 66.7 Å². The number of carbonyl (C=O) groups is 2. The zero-order valence-corrected chi connectivity index (χ0v) is 26.1. The molecule has 44 heavy (non-hydrogen) atoms. The second-order valence-corrected chi connectivity index (χ2v) is 15.2. The van der Waals surface area contributed by atoms with Gasteiger partial charge in [-0.15, -0.1) is 0 Å². The summed E-state index contributed by atoms with van der Waals surface area (Å²) in [5.74, 6) is 4.44. The van der Waals surface area contributed by atoms with Crippen LogP contribution < -0.4 is 4.90 Å². The maximum Gasteiger partial charge on any atom is 0.253 e. The number of anilines is 1. The molecule has 6 saturated carbocycles. The van der Waals surface area contributed by atoms with Crippen molar-refractivity contribution >= 4 is 17.4 Å². The van der Waals surface area contributed by atoms with Crippen LogP contribution in [0.1, 0.15) is 76.2 Å². The van der Waals surface area contributed by atoms with Gasteiger partial charge >= 0.3 is 0 Å². The summed E-state index contributed by atoms with van der Waals surface area (Å²) in [5.41, 5.74) is 2.23. The van der Waals surface area contributed by atoms with Gasteiger partial charge in [-0.3, -0.25) is 9.59 Å². The van der Waals surface area contributed by atoms with Crippen molar-refractivity contribution in [2.24, 2.45) is 46.8 Å². The van der Waals surface area contributed by atoms with E-state index < -0.39 is 0 Å². The number of hydrogen-bond donors (Lipinski definition) is 1. The molecule has 1 amide bonds. The van der Waals surface area contributed by atoms with Crippen molar-refractivity contribution in [3.63, 3.8) is 0 Å². The van der Waals surface area contributed by atoms with Gasteiger partial charge in [-0.2, -0.15) is 0 Å². The minimum atomic E-state index is -0.336. The molecule has 2 aromatic rings. The van der Waals surface area contributed by atoms with Crippen molar-refractivity contribution in [3.8, 4) is 0 Å². The summed E-state index contributed by atoms with van der Waals surface area (Å²) in [6.07, 6.45) is 16.3. The second-order valence-electron chi connectivity index (χ2n) is 15.2. The van der Waals surface area contributed by atoms with Crippen LogP contribution in [-0.2, 0) is 20.9 Å². The highest BCUT2D eigenvalue weighted by Crippen LogP contribution is 2.61. The van der Waals surface area contributed by atoms with Gasteiger partial charge in [0, 0.05) is 24.6 Å². The number of hydrogen-bond acceptors (Lipinski definition) is 4. The van der Waals surface area contributed by atoms with E-state index in [1.54, 1.807) is 4.90 Å². The zero-order valence-electron chi connectivity index (χ0n) is 26.1. The van der Waals surface area contributed by atoms with Gasteiger partial charge in [0.1, 0.15) is 6.61 Å². The van der Waals surface area contributed by atoms with E-state index in [-0.39, 0.29) is 35.7 Å². The fourth-order valence-corrected chi connectivity index (χ4v) is 10.6. The van der Waals surface area contributed by atoms with Crippen LogP contribution in [0.2, 0.25) is 0 Å². The zero-order chi connectivity index (χ0) is 30.1. The Morgan fingerprint density at radius 1 is 0.864 bits per heavy atom. The highest BCUT2D eigenvalue weighted by atomic mass is 16.5. The first-order valence-electron chi connectivity index (χ1n) is 17.3. The molecule has 6 aliphatic carbocycles. The summed E-state index contributed by atoms with van der Waals surface area (Å²) in [7, 11) is 0. The van der Waals surface area contributed by atoms with Crippen LogP contribution >= 0.6 is 0 Å². The second kappa shape index (κ2) is 12.9. The van der Waals surface area contributed by atoms with Gasteiger partial charge in [0.25, 0.3) is 5.91 Å². The van der Waals surface area contributed by atoms with Gasteiger partial charge in [-0.05, 0) is 129 Å². The molecule has 6 fully saturated rings. The number of fused-ring (bicyclic) bond motifs is 1. The predicted molar refractivity (Wildman–Crippen MR) is 173 cm³/mol. The van der Waals surface area contributed by atoms with Crippen LogP contribution in [-0.4, -0.2) is 36.1 Å². The number of rotatable bonds is 12. The first-order valence-corrected chi connectivity index (χ1v) is 17.3. The third-order valence-corrected chi connectivity index (χ3v) is 12.0. The Morgan fingerprint density at radius 3 is 2.20 bits per heavy atom. The lowest BCUT2D eigenvalue weighted by atomic mass is 9.48. The lowest BCUT2D eigenvalue weighted by Crippen LogP contribution is -2.46. The van der Waals surface area contributed by atoms with Gasteiger partial charge in [-0.25, -0.2) is 0 Å². The topological polar surface area (TPSA) is 66.8 Å². The number of carbonyl (C=O) groups excluding carboxylic acids is 2. The molecule has 0 spiro atoms. The largest absolute Gasteiger partial charge is 0.392 e. The molecule has 0 aliphatic heterocycles. The number of aliphatic hydroxyl groups excluding tert-OH is 1. The van der Waals surface area contributed by atoms with Crippen LogP contribution in [0.5, 0.6) is 0 Å². The molecule has 0 saturated heterocycles. The molecule has 0 heterocycles. The number of ether oxygens (including phenoxy) is 1. The van der Waals surface area contributed by atoms with Gasteiger partial charge in [0.05, 0.1) is 12.6 Å². The van der Waals surface area contributed by atoms with Crippen LogP contribution in [0.4, 0.5) is 5.69 Å². The maximum atomic E-state index is 13.3. The third kappa shape index (κ3) is 6.60. The van der Waals surface area contributed by atoms with E-state index in [1.165, 1.54) is 38.5 Å². The maximum absolute atomic E-state index is 13.3. The first kappa shape index (κ1) is 29.9. The van der Waals surface area contributed by atoms with E-state index in [0.29, 0.717) is 30.9 Å². The van der Waals surface area contributed by atoms with Crippen molar-refractivity contribution < 1.29 is 19.4 Å². The van der Waals surface area contributed by atoms with E-state index >= 15 is 0 Å². The predicted octanol–water partition coefficient (Wildman–Crippen LogP) is 7.38. The fourth-order valence-electron chi connectivity index (χ4n) is 10.6. The minimum Gasteiger partial charge on any atom is -0.392 e. The Bertz CT molecular complexity index is 1290. The molecule has 5 atom stereocenters. The normalized spacial score (nSPS) is 35.3. The van der Waals surface area contributed by atoms with Crippen LogP contribution in [0.15, 0.2) is 72.8 Å². The number of aliphatic hydroxyl groups is 1. The number of nitrogens with zero attached hydrogens (tertiary/aromatic N) is 1. The molecule has 1 unspecified atom stereocenters. The Morgan fingerprint density at radius 2 is 1.52 bits per heavy atom. The van der Waals surface area contributed by atoms with Gasteiger partial charge in [-0.1, -0.05) is 54.6 Å². The van der Waals surface area contributed by atoms with Crippen LogP contribution in [0.3, 0.4) is 0 Å². The lowest BCUT2D eigenvalue weighted by molar-refractivity contribution is -0.124. The quantitative estimate of drug-likeness (QED) is 0.205. The van der Waals surface area contributed by atoms with Gasteiger partial charge in [0.15, 0.2) is 5.78 Å². The summed E-state index contributed by atoms with van der Waals surface area (Å²) in [6, 6.07) is 19.9. The Hall–Kier alpha value is -2.76. The number of benzene rings is 2. The molecule has 8 rings (SSSR count). The van der Waals surface area contributed by atoms with Crippen LogP contribution in [0, 0.1) is 46.8 Å². The Labute approximate surface area is 263 Å². The average Bonchev–Trinajstić information content (AvgIpc) is 3.52. The molecule has 0 radical (unpaired) electrons. The van der Waals surface area contributed by atoms with Crippen molar-refractivity contribution in [1.29, 1.82) is 0 Å². The number of ketones is 1. The molecule has 6 aliphatic rings. The average molecular weight is 596 g/mol. The molecule has 2 aromatic carbocycles. The summed E-state index contributed by atoms with van der Waals surface area (Å²) < 4.78 is 5.96.